The lowest BCUT2D eigenvalue weighted by Gasteiger charge is -2.22. The molecule has 0 saturated heterocycles. The van der Waals surface area contributed by atoms with Gasteiger partial charge in [0.1, 0.15) is 0 Å². The summed E-state index contributed by atoms with van der Waals surface area (Å²) in [5.41, 5.74) is 3.46. The summed E-state index contributed by atoms with van der Waals surface area (Å²) in [7, 11) is 0. The fourth-order valence-electron chi connectivity index (χ4n) is 9.95. The minimum Gasteiger partial charge on any atom is -0.307 e. The van der Waals surface area contributed by atoms with Gasteiger partial charge in [-0.15, -0.1) is 0 Å². The number of aromatic nitrogens is 4. The molecule has 0 aliphatic heterocycles. The smallest absolute Gasteiger partial charge is 0.307 e. The van der Waals surface area contributed by atoms with Crippen LogP contribution in [0.4, 0.5) is 35.1 Å². The van der Waals surface area contributed by atoms with Crippen LogP contribution >= 0.6 is 0 Å². The molecule has 0 bridgehead atoms. The number of hydrogen-bond acceptors (Lipinski definition) is 2. The number of rotatable bonds is 7. The van der Waals surface area contributed by atoms with Gasteiger partial charge in [-0.25, -0.2) is 22.0 Å². The van der Waals surface area contributed by atoms with Gasteiger partial charge in [-0.2, -0.15) is 13.2 Å². The van der Waals surface area contributed by atoms with E-state index in [2.05, 4.69) is 0 Å². The van der Waals surface area contributed by atoms with E-state index in [-0.39, 0.29) is 11.4 Å². The third-order valence-electron chi connectivity index (χ3n) is 13.1. The van der Waals surface area contributed by atoms with E-state index in [9.17, 15) is 4.39 Å². The number of pyridine rings is 2. The van der Waals surface area contributed by atoms with Gasteiger partial charge in [-0.3, -0.25) is 9.97 Å². The molecule has 0 N–H and O–H groups in total. The highest BCUT2D eigenvalue weighted by Crippen LogP contribution is 2.48. The third kappa shape index (κ3) is 6.96. The van der Waals surface area contributed by atoms with E-state index in [0.717, 1.165) is 45.5 Å². The largest absolute Gasteiger partial charge is 0.417 e. The van der Waals surface area contributed by atoms with Crippen molar-refractivity contribution in [3.63, 3.8) is 0 Å². The highest BCUT2D eigenvalue weighted by Gasteiger charge is 2.39. The Labute approximate surface area is 399 Å². The van der Waals surface area contributed by atoms with Crippen LogP contribution in [0.25, 0.3) is 111 Å². The van der Waals surface area contributed by atoms with Crippen LogP contribution in [0.2, 0.25) is 0 Å². The van der Waals surface area contributed by atoms with E-state index in [1.54, 1.807) is 57.9 Å². The number of para-hydroxylation sites is 2. The molecule has 4 heterocycles. The standard InChI is InChI=1S/C59H32F8N4/c60-52-51(53(61)55(63)56(64)54(52)62)43-31-49(70-45-21-9-7-17-39(45)41-29-35(23-25-47(41)70)37-19-11-27-68-57(37)33-13-3-1-4-14-33)50(32-44(43)59(65,66)67)71-46-22-10-8-18-40(46)42-30-36(24-26-48(42)71)38-20-12-28-69-58(38)34-15-5-2-6-16-34/h1-32H. The first-order valence-electron chi connectivity index (χ1n) is 22.3. The second-order valence-corrected chi connectivity index (χ2v) is 17.0. The van der Waals surface area contributed by atoms with E-state index >= 15 is 30.7 Å². The number of hydrogen-bond donors (Lipinski definition) is 0. The van der Waals surface area contributed by atoms with Crippen LogP contribution < -0.4 is 0 Å². The molecule has 0 unspecified atom stereocenters. The van der Waals surface area contributed by atoms with Gasteiger partial charge >= 0.3 is 6.18 Å². The van der Waals surface area contributed by atoms with E-state index in [1.807, 2.05) is 133 Å². The van der Waals surface area contributed by atoms with Gasteiger partial charge in [0.05, 0.1) is 56.0 Å². The number of benzene rings is 8. The van der Waals surface area contributed by atoms with Crippen molar-refractivity contribution in [2.45, 2.75) is 6.18 Å². The molecule has 0 amide bonds. The zero-order valence-electron chi connectivity index (χ0n) is 36.8. The second kappa shape index (κ2) is 16.7. The molecule has 4 aromatic heterocycles. The quantitative estimate of drug-likeness (QED) is 0.0907. The van der Waals surface area contributed by atoms with Gasteiger partial charge in [0, 0.05) is 61.8 Å². The molecule has 12 heteroatoms. The first kappa shape index (κ1) is 43.4. The molecule has 4 nitrogen and oxygen atoms in total. The highest BCUT2D eigenvalue weighted by atomic mass is 19.4. The number of nitrogens with zero attached hydrogens (tertiary/aromatic N) is 4. The maximum Gasteiger partial charge on any atom is 0.417 e. The summed E-state index contributed by atoms with van der Waals surface area (Å²) in [5, 5.41) is 2.63. The molecular weight excluding hydrogens is 917 g/mol. The molecule has 0 fully saturated rings. The maximum absolute atomic E-state index is 16.0. The molecule has 0 aliphatic carbocycles. The van der Waals surface area contributed by atoms with Gasteiger partial charge in [0.25, 0.3) is 0 Å². The van der Waals surface area contributed by atoms with Crippen molar-refractivity contribution in [1.82, 2.24) is 19.1 Å². The molecule has 12 rings (SSSR count). The Kier molecular flexibility index (Phi) is 10.2. The van der Waals surface area contributed by atoms with Crippen LogP contribution in [0.5, 0.6) is 0 Å². The van der Waals surface area contributed by atoms with E-state index in [0.29, 0.717) is 55.0 Å². The Morgan fingerprint density at radius 2 is 0.746 bits per heavy atom. The normalized spacial score (nSPS) is 11.9. The minimum atomic E-state index is -5.38. The molecule has 344 valence electrons. The lowest BCUT2D eigenvalue weighted by molar-refractivity contribution is -0.137. The fourth-order valence-corrected chi connectivity index (χ4v) is 9.95. The van der Waals surface area contributed by atoms with Crippen molar-refractivity contribution in [3.8, 4) is 67.3 Å². The molecule has 0 atom stereocenters. The summed E-state index contributed by atoms with van der Waals surface area (Å²) in [6.45, 7) is 0. The minimum absolute atomic E-state index is 0.0485. The third-order valence-corrected chi connectivity index (χ3v) is 13.1. The average molecular weight is 949 g/mol. The van der Waals surface area contributed by atoms with Crippen LogP contribution in [0, 0.1) is 29.1 Å². The molecule has 71 heavy (non-hydrogen) atoms. The fraction of sp³-hybridized carbons (Fsp3) is 0.0169. The van der Waals surface area contributed by atoms with Gasteiger partial charge in [-0.05, 0) is 71.8 Å². The summed E-state index contributed by atoms with van der Waals surface area (Å²) in [6.07, 6.45) is -1.98. The molecule has 0 aliphatic rings. The van der Waals surface area contributed by atoms with Gasteiger partial charge < -0.3 is 9.13 Å². The lowest BCUT2D eigenvalue weighted by Crippen LogP contribution is -2.14. The lowest BCUT2D eigenvalue weighted by atomic mass is 9.95. The Morgan fingerprint density at radius 3 is 1.21 bits per heavy atom. The van der Waals surface area contributed by atoms with Gasteiger partial charge in [0.2, 0.25) is 5.82 Å². The number of alkyl halides is 3. The van der Waals surface area contributed by atoms with Gasteiger partial charge in [0.15, 0.2) is 23.3 Å². The topological polar surface area (TPSA) is 35.6 Å². The predicted molar refractivity (Wildman–Crippen MR) is 263 cm³/mol. The summed E-state index contributed by atoms with van der Waals surface area (Å²) in [5.74, 6) is -12.1. The van der Waals surface area contributed by atoms with E-state index < -0.39 is 52.0 Å². The Bertz CT molecular complexity index is 4080. The maximum atomic E-state index is 16.0. The van der Waals surface area contributed by atoms with E-state index in [4.69, 9.17) is 9.97 Å². The van der Waals surface area contributed by atoms with Crippen molar-refractivity contribution in [1.29, 1.82) is 0 Å². The van der Waals surface area contributed by atoms with Crippen molar-refractivity contribution in [3.05, 3.63) is 229 Å². The van der Waals surface area contributed by atoms with Crippen LogP contribution in [0.1, 0.15) is 5.56 Å². The summed E-state index contributed by atoms with van der Waals surface area (Å²) in [4.78, 5) is 9.41. The highest BCUT2D eigenvalue weighted by molar-refractivity contribution is 6.13. The molecule has 0 spiro atoms. The van der Waals surface area contributed by atoms with Crippen LogP contribution in [-0.4, -0.2) is 19.1 Å². The predicted octanol–water partition coefficient (Wildman–Crippen LogP) is 16.7. The number of halogens is 8. The zero-order valence-corrected chi connectivity index (χ0v) is 36.8. The second-order valence-electron chi connectivity index (χ2n) is 17.0. The number of fused-ring (bicyclic) bond motifs is 6. The van der Waals surface area contributed by atoms with Crippen molar-refractivity contribution in [2.75, 3.05) is 0 Å². The summed E-state index contributed by atoms with van der Waals surface area (Å²) in [6, 6.07) is 53.8. The SMILES string of the molecule is Fc1c(F)c(F)c(-c2cc(-n3c4ccccc4c4cc(-c5cccnc5-c5ccccc5)ccc43)c(-n3c4ccccc4c4cc(-c5cccnc5-c5ccccc5)ccc43)cc2C(F)(F)F)c(F)c1F. The Morgan fingerprint density at radius 1 is 0.338 bits per heavy atom. The Balaban J connectivity index is 1.19. The molecule has 0 radical (unpaired) electrons. The van der Waals surface area contributed by atoms with Gasteiger partial charge in [-0.1, -0.05) is 121 Å². The van der Waals surface area contributed by atoms with Crippen molar-refractivity contribution >= 4 is 43.6 Å². The first-order valence-corrected chi connectivity index (χ1v) is 22.3. The van der Waals surface area contributed by atoms with Crippen LogP contribution in [-0.2, 0) is 6.18 Å². The first-order chi connectivity index (χ1) is 34.5. The summed E-state index contributed by atoms with van der Waals surface area (Å²) >= 11 is 0. The van der Waals surface area contributed by atoms with E-state index in [1.165, 1.54) is 0 Å². The molecular formula is C59H32F8N4. The monoisotopic (exact) mass is 948 g/mol. The Hall–Kier alpha value is -8.90. The zero-order chi connectivity index (χ0) is 48.7. The average Bonchev–Trinajstić information content (AvgIpc) is 3.92. The molecule has 12 aromatic rings. The van der Waals surface area contributed by atoms with Crippen molar-refractivity contribution < 1.29 is 35.1 Å². The molecule has 8 aromatic carbocycles. The van der Waals surface area contributed by atoms with Crippen LogP contribution in [0.15, 0.2) is 194 Å². The molecule has 0 saturated carbocycles. The van der Waals surface area contributed by atoms with Crippen LogP contribution in [0.3, 0.4) is 0 Å². The van der Waals surface area contributed by atoms with Crippen molar-refractivity contribution in [2.24, 2.45) is 0 Å². The summed E-state index contributed by atoms with van der Waals surface area (Å²) < 4.78 is 127.